The number of nitrogens with zero attached hydrogens (tertiary/aromatic N) is 6. The number of halogens is 2. The van der Waals surface area contributed by atoms with Crippen molar-refractivity contribution in [3.8, 4) is 11.3 Å². The number of pyridine rings is 2. The number of carbonyl (C=O) groups is 1. The number of piperidine rings is 1. The molecule has 8 nitrogen and oxygen atoms in total. The van der Waals surface area contributed by atoms with Crippen molar-refractivity contribution in [3.05, 3.63) is 47.5 Å². The molecule has 10 heteroatoms. The van der Waals surface area contributed by atoms with Gasteiger partial charge in [-0.15, -0.1) is 0 Å². The summed E-state index contributed by atoms with van der Waals surface area (Å²) in [5.41, 5.74) is 2.39. The van der Waals surface area contributed by atoms with E-state index in [2.05, 4.69) is 15.0 Å². The van der Waals surface area contributed by atoms with Gasteiger partial charge in [-0.05, 0) is 63.8 Å². The summed E-state index contributed by atoms with van der Waals surface area (Å²) in [6.45, 7) is 7.94. The summed E-state index contributed by atoms with van der Waals surface area (Å²) < 4.78 is 21.9. The zero-order valence-electron chi connectivity index (χ0n) is 21.9. The predicted molar refractivity (Wildman–Crippen MR) is 146 cm³/mol. The molecule has 2 saturated heterocycles. The lowest BCUT2D eigenvalue weighted by molar-refractivity contribution is 0.00669. The Hall–Kier alpha value is -3.46. The van der Waals surface area contributed by atoms with Crippen molar-refractivity contribution in [1.29, 1.82) is 0 Å². The quantitative estimate of drug-likeness (QED) is 0.322. The molecule has 0 aliphatic carbocycles. The van der Waals surface area contributed by atoms with Gasteiger partial charge < -0.3 is 14.5 Å². The summed E-state index contributed by atoms with van der Waals surface area (Å²) in [7, 11) is 1.76. The second kappa shape index (κ2) is 9.08. The summed E-state index contributed by atoms with van der Waals surface area (Å²) in [6.07, 6.45) is 5.37. The van der Waals surface area contributed by atoms with Crippen LogP contribution in [0.1, 0.15) is 33.6 Å². The van der Waals surface area contributed by atoms with Gasteiger partial charge in [-0.1, -0.05) is 11.6 Å². The van der Waals surface area contributed by atoms with Crippen LogP contribution < -0.4 is 4.90 Å². The van der Waals surface area contributed by atoms with E-state index >= 15 is 0 Å². The molecule has 0 radical (unpaired) electrons. The molecule has 0 unspecified atom stereocenters. The third-order valence-corrected chi connectivity index (χ3v) is 7.66. The van der Waals surface area contributed by atoms with Gasteiger partial charge in [0.2, 0.25) is 0 Å². The fourth-order valence-corrected chi connectivity index (χ4v) is 5.92. The van der Waals surface area contributed by atoms with Gasteiger partial charge in [0.1, 0.15) is 11.1 Å². The molecule has 38 heavy (non-hydrogen) atoms. The largest absolute Gasteiger partial charge is 0.444 e. The second-order valence-corrected chi connectivity index (χ2v) is 11.7. The molecule has 0 spiro atoms. The van der Waals surface area contributed by atoms with Crippen LogP contribution in [0.15, 0.2) is 36.7 Å². The molecular formula is C28H30ClFN6O2. The van der Waals surface area contributed by atoms with E-state index in [0.717, 1.165) is 30.5 Å². The van der Waals surface area contributed by atoms with Gasteiger partial charge in [-0.2, -0.15) is 5.10 Å². The number of hydrogen-bond donors (Lipinski definition) is 0. The Bertz CT molecular complexity index is 1560. The Kier molecular flexibility index (Phi) is 5.94. The van der Waals surface area contributed by atoms with E-state index in [1.807, 2.05) is 37.8 Å². The normalized spacial score (nSPS) is 19.8. The third-order valence-electron chi connectivity index (χ3n) is 7.35. The van der Waals surface area contributed by atoms with Crippen LogP contribution in [-0.2, 0) is 11.8 Å². The number of fused-ring (bicyclic) bond motifs is 3. The summed E-state index contributed by atoms with van der Waals surface area (Å²) >= 11 is 6.72. The monoisotopic (exact) mass is 536 g/mol. The van der Waals surface area contributed by atoms with Crippen LogP contribution >= 0.6 is 11.6 Å². The SMILES string of the molecule is Cn1cc2cc(-c3cc(Cl)c4cc(N5C[C@@H]6CCCN(C(=O)OC(C)(C)C)[C@@H]6C5)cnc4n3)cc(F)c2n1. The highest BCUT2D eigenvalue weighted by atomic mass is 35.5. The topological polar surface area (TPSA) is 76.4 Å². The number of benzene rings is 1. The Labute approximate surface area is 225 Å². The number of anilines is 1. The summed E-state index contributed by atoms with van der Waals surface area (Å²) in [6, 6.07) is 7.13. The maximum absolute atomic E-state index is 14.7. The number of aromatic nitrogens is 4. The Morgan fingerprint density at radius 2 is 2.00 bits per heavy atom. The minimum atomic E-state index is -0.525. The van der Waals surface area contributed by atoms with E-state index in [1.165, 1.54) is 6.07 Å². The van der Waals surface area contributed by atoms with Gasteiger partial charge >= 0.3 is 6.09 Å². The minimum Gasteiger partial charge on any atom is -0.444 e. The van der Waals surface area contributed by atoms with Crippen LogP contribution in [-0.4, -0.2) is 62.0 Å². The molecule has 1 aromatic carbocycles. The molecule has 4 aromatic rings. The molecule has 2 atom stereocenters. The van der Waals surface area contributed by atoms with Crippen molar-refractivity contribution in [2.45, 2.75) is 45.3 Å². The van der Waals surface area contributed by atoms with E-state index < -0.39 is 11.4 Å². The molecule has 5 heterocycles. The zero-order valence-corrected chi connectivity index (χ0v) is 22.7. The molecule has 1 amide bonds. The van der Waals surface area contributed by atoms with Crippen molar-refractivity contribution in [3.63, 3.8) is 0 Å². The van der Waals surface area contributed by atoms with E-state index in [1.54, 1.807) is 30.2 Å². The molecule has 0 bridgehead atoms. The zero-order chi connectivity index (χ0) is 26.8. The first-order valence-electron chi connectivity index (χ1n) is 12.9. The fraction of sp³-hybridized carbons (Fsp3) is 0.429. The Morgan fingerprint density at radius 1 is 1.18 bits per heavy atom. The van der Waals surface area contributed by atoms with Gasteiger partial charge in [0.05, 0.1) is 28.6 Å². The second-order valence-electron chi connectivity index (χ2n) is 11.3. The smallest absolute Gasteiger partial charge is 0.410 e. The maximum Gasteiger partial charge on any atom is 0.410 e. The van der Waals surface area contributed by atoms with Crippen LogP contribution in [0.25, 0.3) is 33.2 Å². The van der Waals surface area contributed by atoms with Crippen molar-refractivity contribution in [1.82, 2.24) is 24.6 Å². The lowest BCUT2D eigenvalue weighted by atomic mass is 9.92. The number of rotatable bonds is 2. The predicted octanol–water partition coefficient (Wildman–Crippen LogP) is 5.81. The molecule has 0 N–H and O–H groups in total. The molecule has 0 saturated carbocycles. The summed E-state index contributed by atoms with van der Waals surface area (Å²) in [4.78, 5) is 26.4. The maximum atomic E-state index is 14.7. The van der Waals surface area contributed by atoms with Gasteiger partial charge in [-0.25, -0.2) is 19.2 Å². The minimum absolute atomic E-state index is 0.0996. The van der Waals surface area contributed by atoms with Gasteiger partial charge in [-0.3, -0.25) is 4.68 Å². The number of likely N-dealkylation sites (tertiary alicyclic amines) is 1. The van der Waals surface area contributed by atoms with Crippen LogP contribution in [0, 0.1) is 11.7 Å². The fourth-order valence-electron chi connectivity index (χ4n) is 5.67. The highest BCUT2D eigenvalue weighted by molar-refractivity contribution is 6.35. The van der Waals surface area contributed by atoms with E-state index in [-0.39, 0.29) is 12.1 Å². The van der Waals surface area contributed by atoms with E-state index in [0.29, 0.717) is 51.8 Å². The first kappa shape index (κ1) is 24.9. The average molecular weight is 537 g/mol. The third kappa shape index (κ3) is 4.53. The van der Waals surface area contributed by atoms with Crippen molar-refractivity contribution in [2.75, 3.05) is 24.5 Å². The summed E-state index contributed by atoms with van der Waals surface area (Å²) in [5.74, 6) is -0.0319. The Balaban J connectivity index is 1.28. The number of ether oxygens (including phenoxy) is 1. The average Bonchev–Trinajstić information content (AvgIpc) is 3.46. The molecule has 2 aliphatic rings. The molecule has 2 fully saturated rings. The lowest BCUT2D eigenvalue weighted by Gasteiger charge is -2.37. The molecule has 3 aromatic heterocycles. The number of amides is 1. The van der Waals surface area contributed by atoms with Gasteiger partial charge in [0, 0.05) is 49.2 Å². The van der Waals surface area contributed by atoms with Crippen molar-refractivity contribution >= 4 is 45.3 Å². The highest BCUT2D eigenvalue weighted by Gasteiger charge is 2.42. The van der Waals surface area contributed by atoms with Crippen molar-refractivity contribution < 1.29 is 13.9 Å². The van der Waals surface area contributed by atoms with Crippen molar-refractivity contribution in [2.24, 2.45) is 13.0 Å². The Morgan fingerprint density at radius 3 is 2.79 bits per heavy atom. The standard InChI is InChI=1S/C28H30ClFN6O2/c1-28(2,3)38-27(37)36-7-5-6-16-14-35(15-24(16)36)19-10-20-21(29)11-23(32-26(20)31-12-19)17-8-18-13-34(4)33-25(18)22(30)9-17/h8-13,16,24H,5-7,14-15H2,1-4H3/t16-,24+/m0/s1. The van der Waals surface area contributed by atoms with Crippen LogP contribution in [0.5, 0.6) is 0 Å². The van der Waals surface area contributed by atoms with E-state index in [4.69, 9.17) is 21.3 Å². The molecular weight excluding hydrogens is 507 g/mol. The first-order valence-corrected chi connectivity index (χ1v) is 13.3. The van der Waals surface area contributed by atoms with E-state index in [9.17, 15) is 9.18 Å². The van der Waals surface area contributed by atoms with Gasteiger partial charge in [0.25, 0.3) is 0 Å². The van der Waals surface area contributed by atoms with Gasteiger partial charge in [0.15, 0.2) is 11.5 Å². The van der Waals surface area contributed by atoms with Crippen LogP contribution in [0.2, 0.25) is 5.02 Å². The number of aryl methyl sites for hydroxylation is 1. The highest BCUT2D eigenvalue weighted by Crippen LogP contribution is 2.36. The molecule has 6 rings (SSSR count). The van der Waals surface area contributed by atoms with Crippen LogP contribution in [0.3, 0.4) is 0 Å². The van der Waals surface area contributed by atoms with Crippen LogP contribution in [0.4, 0.5) is 14.9 Å². The molecule has 2 aliphatic heterocycles. The number of carbonyl (C=O) groups excluding carboxylic acids is 1. The lowest BCUT2D eigenvalue weighted by Crippen LogP contribution is -2.50. The summed E-state index contributed by atoms with van der Waals surface area (Å²) in [5, 5.41) is 6.09. The molecule has 198 valence electrons. The first-order chi connectivity index (χ1) is 18.1. The number of hydrogen-bond acceptors (Lipinski definition) is 6.